The van der Waals surface area contributed by atoms with Crippen LogP contribution in [0.5, 0.6) is 0 Å². The molecule has 0 saturated heterocycles. The molecule has 2 rings (SSSR count). The maximum atomic E-state index is 13.4. The smallest absolute Gasteiger partial charge is 0.395 e. The molecule has 1 saturated carbocycles. The average Bonchev–Trinajstić information content (AvgIpc) is 2.59. The molecule has 142 valence electrons. The van der Waals surface area contributed by atoms with Crippen molar-refractivity contribution in [1.82, 2.24) is 4.90 Å². The van der Waals surface area contributed by atoms with Crippen LogP contribution in [-0.2, 0) is 11.3 Å². The van der Waals surface area contributed by atoms with E-state index in [9.17, 15) is 22.4 Å². The first-order chi connectivity index (χ1) is 12.2. The normalized spacial score (nSPS) is 16.4. The van der Waals surface area contributed by atoms with Crippen molar-refractivity contribution in [3.8, 4) is 0 Å². The van der Waals surface area contributed by atoms with E-state index in [0.29, 0.717) is 24.5 Å². The monoisotopic (exact) mass is 371 g/mol. The summed E-state index contributed by atoms with van der Waals surface area (Å²) >= 11 is 0. The Morgan fingerprint density at radius 1 is 1.27 bits per heavy atom. The van der Waals surface area contributed by atoms with E-state index in [4.69, 9.17) is 11.1 Å². The fourth-order valence-corrected chi connectivity index (χ4v) is 3.05. The molecule has 1 fully saturated rings. The third kappa shape index (κ3) is 5.31. The van der Waals surface area contributed by atoms with Gasteiger partial charge in [0.05, 0.1) is 0 Å². The van der Waals surface area contributed by atoms with E-state index in [1.165, 1.54) is 23.1 Å². The third-order valence-electron chi connectivity index (χ3n) is 4.38. The minimum atomic E-state index is -4.80. The van der Waals surface area contributed by atoms with Crippen molar-refractivity contribution in [3.63, 3.8) is 0 Å². The predicted molar refractivity (Wildman–Crippen MR) is 89.9 cm³/mol. The van der Waals surface area contributed by atoms with E-state index in [-0.39, 0.29) is 12.6 Å². The van der Waals surface area contributed by atoms with Crippen molar-refractivity contribution in [3.05, 3.63) is 47.4 Å². The first kappa shape index (κ1) is 19.9. The number of nitrogens with two attached hydrogens (primary N) is 1. The maximum absolute atomic E-state index is 13.4. The van der Waals surface area contributed by atoms with E-state index in [2.05, 4.69) is 0 Å². The number of allylic oxidation sites excluding steroid dienone is 1. The van der Waals surface area contributed by atoms with Gasteiger partial charge in [0, 0.05) is 12.6 Å². The highest BCUT2D eigenvalue weighted by molar-refractivity contribution is 6.42. The highest BCUT2D eigenvalue weighted by atomic mass is 19.4. The molecule has 1 aliphatic carbocycles. The van der Waals surface area contributed by atoms with Crippen molar-refractivity contribution in [2.45, 2.75) is 50.9 Å². The zero-order valence-electron chi connectivity index (χ0n) is 14.2. The number of amides is 1. The Kier molecular flexibility index (Phi) is 6.39. The van der Waals surface area contributed by atoms with Crippen molar-refractivity contribution in [2.24, 2.45) is 5.73 Å². The van der Waals surface area contributed by atoms with E-state index >= 15 is 0 Å². The Hall–Kier alpha value is -2.38. The van der Waals surface area contributed by atoms with Gasteiger partial charge in [0.1, 0.15) is 17.2 Å². The van der Waals surface area contributed by atoms with Gasteiger partial charge in [-0.1, -0.05) is 31.4 Å². The molecule has 0 heterocycles. The lowest BCUT2D eigenvalue weighted by Crippen LogP contribution is -2.44. The van der Waals surface area contributed by atoms with Gasteiger partial charge in [-0.15, -0.1) is 0 Å². The molecule has 0 bridgehead atoms. The van der Waals surface area contributed by atoms with Gasteiger partial charge >= 0.3 is 6.18 Å². The van der Waals surface area contributed by atoms with Crippen LogP contribution in [0.15, 0.2) is 36.0 Å². The van der Waals surface area contributed by atoms with Gasteiger partial charge in [-0.3, -0.25) is 10.2 Å². The number of hydrogen-bond acceptors (Lipinski definition) is 3. The summed E-state index contributed by atoms with van der Waals surface area (Å²) in [5.41, 5.74) is 3.11. The number of hydrogen-bond donors (Lipinski definition) is 2. The van der Waals surface area contributed by atoms with Crippen molar-refractivity contribution >= 4 is 11.6 Å². The summed E-state index contributed by atoms with van der Waals surface area (Å²) in [7, 11) is 0. The van der Waals surface area contributed by atoms with Crippen molar-refractivity contribution in [2.75, 3.05) is 0 Å². The third-order valence-corrected chi connectivity index (χ3v) is 4.38. The molecule has 4 nitrogen and oxygen atoms in total. The molecule has 8 heteroatoms. The van der Waals surface area contributed by atoms with E-state index in [1.807, 2.05) is 0 Å². The fraction of sp³-hybridized carbons (Fsp3) is 0.444. The number of nitrogens with one attached hydrogen (secondary N) is 1. The molecule has 1 aromatic carbocycles. The van der Waals surface area contributed by atoms with Crippen molar-refractivity contribution < 1.29 is 22.4 Å². The fourth-order valence-electron chi connectivity index (χ4n) is 3.05. The summed E-state index contributed by atoms with van der Waals surface area (Å²) < 4.78 is 51.1. The molecule has 3 N–H and O–H groups in total. The van der Waals surface area contributed by atoms with Crippen molar-refractivity contribution in [1.29, 1.82) is 5.41 Å². The van der Waals surface area contributed by atoms with E-state index in [0.717, 1.165) is 19.3 Å². The molecule has 0 aromatic heterocycles. The van der Waals surface area contributed by atoms with Gasteiger partial charge in [0.15, 0.2) is 0 Å². The summed E-state index contributed by atoms with van der Waals surface area (Å²) in [6, 6.07) is 5.48. The van der Waals surface area contributed by atoms with Crippen LogP contribution in [0.3, 0.4) is 0 Å². The number of carbonyl (C=O) groups is 1. The Bertz CT molecular complexity index is 694. The van der Waals surface area contributed by atoms with E-state index < -0.39 is 29.3 Å². The quantitative estimate of drug-likeness (QED) is 0.609. The number of halogens is 4. The minimum Gasteiger partial charge on any atom is -0.395 e. The molecular weight excluding hydrogens is 350 g/mol. The highest BCUT2D eigenvalue weighted by Crippen LogP contribution is 2.25. The summed E-state index contributed by atoms with van der Waals surface area (Å²) in [6.07, 6.45) is -0.248. The molecule has 0 spiro atoms. The Balaban J connectivity index is 2.24. The van der Waals surface area contributed by atoms with Gasteiger partial charge in [-0.25, -0.2) is 4.39 Å². The van der Waals surface area contributed by atoms with Crippen LogP contribution >= 0.6 is 0 Å². The molecule has 0 aliphatic heterocycles. The van der Waals surface area contributed by atoms with Crippen LogP contribution < -0.4 is 5.73 Å². The SMILES string of the molecule is N=C(C=C(N)C(F)(F)F)C(=O)N(Cc1cccc(F)c1)C1CCCCC1. The van der Waals surface area contributed by atoms with Gasteiger partial charge in [0.2, 0.25) is 0 Å². The number of carbonyl (C=O) groups excluding carboxylic acids is 1. The van der Waals surface area contributed by atoms with Crippen LogP contribution in [0.1, 0.15) is 37.7 Å². The standard InChI is InChI=1S/C18H21F4N3O/c19-13-6-4-5-12(9-13)11-25(14-7-2-1-3-8-14)17(26)15(23)10-16(24)18(20,21)22/h4-6,9-10,14,23H,1-3,7-8,11,24H2. The Labute approximate surface area is 149 Å². The molecule has 0 unspecified atom stereocenters. The summed E-state index contributed by atoms with van der Waals surface area (Å²) in [5.74, 6) is -1.30. The zero-order valence-corrected chi connectivity index (χ0v) is 14.2. The van der Waals surface area contributed by atoms with Crippen LogP contribution in [0, 0.1) is 11.2 Å². The van der Waals surface area contributed by atoms with Crippen LogP contribution in [0.4, 0.5) is 17.6 Å². The summed E-state index contributed by atoms with van der Waals surface area (Å²) in [4.78, 5) is 14.0. The molecule has 1 aliphatic rings. The Morgan fingerprint density at radius 2 is 1.92 bits per heavy atom. The number of benzene rings is 1. The molecular formula is C18H21F4N3O. The highest BCUT2D eigenvalue weighted by Gasteiger charge is 2.33. The second kappa shape index (κ2) is 8.33. The summed E-state index contributed by atoms with van der Waals surface area (Å²) in [5, 5.41) is 7.74. The van der Waals surface area contributed by atoms with Crippen LogP contribution in [0.2, 0.25) is 0 Å². The molecule has 0 radical (unpaired) electrons. The van der Waals surface area contributed by atoms with Crippen LogP contribution in [0.25, 0.3) is 0 Å². The molecule has 26 heavy (non-hydrogen) atoms. The second-order valence-corrected chi connectivity index (χ2v) is 6.37. The summed E-state index contributed by atoms with van der Waals surface area (Å²) in [6.45, 7) is 0.0312. The number of nitrogens with zero attached hydrogens (tertiary/aromatic N) is 1. The average molecular weight is 371 g/mol. The van der Waals surface area contributed by atoms with E-state index in [1.54, 1.807) is 6.07 Å². The van der Waals surface area contributed by atoms with Gasteiger partial charge < -0.3 is 10.6 Å². The lowest BCUT2D eigenvalue weighted by Gasteiger charge is -2.34. The number of rotatable bonds is 5. The predicted octanol–water partition coefficient (Wildman–Crippen LogP) is 3.91. The van der Waals surface area contributed by atoms with Gasteiger partial charge in [0.25, 0.3) is 5.91 Å². The number of alkyl halides is 3. The molecule has 1 aromatic rings. The van der Waals surface area contributed by atoms with Gasteiger partial charge in [-0.2, -0.15) is 13.2 Å². The zero-order chi connectivity index (χ0) is 19.3. The molecule has 0 atom stereocenters. The second-order valence-electron chi connectivity index (χ2n) is 6.37. The maximum Gasteiger partial charge on any atom is 0.430 e. The topological polar surface area (TPSA) is 70.2 Å². The Morgan fingerprint density at radius 3 is 2.50 bits per heavy atom. The lowest BCUT2D eigenvalue weighted by molar-refractivity contribution is -0.127. The largest absolute Gasteiger partial charge is 0.430 e. The first-order valence-corrected chi connectivity index (χ1v) is 8.37. The lowest BCUT2D eigenvalue weighted by atomic mass is 9.93. The minimum absolute atomic E-state index is 0.0312. The van der Waals surface area contributed by atoms with Crippen LogP contribution in [-0.4, -0.2) is 28.7 Å². The van der Waals surface area contributed by atoms with Gasteiger partial charge in [-0.05, 0) is 36.6 Å². The molecule has 1 amide bonds. The first-order valence-electron chi connectivity index (χ1n) is 8.37.